The van der Waals surface area contributed by atoms with Gasteiger partial charge >= 0.3 is 5.97 Å². The van der Waals surface area contributed by atoms with E-state index >= 15 is 0 Å². The number of hydrogen-bond donors (Lipinski definition) is 3. The van der Waals surface area contributed by atoms with Crippen LogP contribution in [0.1, 0.15) is 71.6 Å². The van der Waals surface area contributed by atoms with Gasteiger partial charge in [0.25, 0.3) is 0 Å². The average molecular weight is 583 g/mol. The molecule has 0 fully saturated rings. The van der Waals surface area contributed by atoms with Gasteiger partial charge in [0.2, 0.25) is 0 Å². The summed E-state index contributed by atoms with van der Waals surface area (Å²) in [5.74, 6) is -0.751. The molecule has 4 N–H and O–H groups in total. The summed E-state index contributed by atoms with van der Waals surface area (Å²) in [5.41, 5.74) is 12.3. The van der Waals surface area contributed by atoms with Gasteiger partial charge in [-0.1, -0.05) is 43.3 Å². The fourth-order valence-corrected chi connectivity index (χ4v) is 7.60. The van der Waals surface area contributed by atoms with E-state index in [1.165, 1.54) is 12.1 Å². The number of fused-ring (bicyclic) bond motifs is 1. The number of aryl methyl sites for hydroxylation is 3. The van der Waals surface area contributed by atoms with Crippen molar-refractivity contribution in [3.05, 3.63) is 99.4 Å². The van der Waals surface area contributed by atoms with Crippen LogP contribution in [0.5, 0.6) is 0 Å². The molecule has 3 aromatic carbocycles. The number of ether oxygens (including phenoxy) is 1. The van der Waals surface area contributed by atoms with Gasteiger partial charge in [0.05, 0.1) is 17.9 Å². The maximum atomic E-state index is 13.9. The van der Waals surface area contributed by atoms with Gasteiger partial charge in [0.15, 0.2) is 0 Å². The van der Waals surface area contributed by atoms with Crippen LogP contribution >= 0.6 is 10.8 Å². The van der Waals surface area contributed by atoms with E-state index in [-0.39, 0.29) is 36.7 Å². The smallest absolute Gasteiger partial charge is 0.306 e. The molecule has 0 spiro atoms. The lowest BCUT2D eigenvalue weighted by Gasteiger charge is -2.43. The first-order chi connectivity index (χ1) is 19.5. The topological polar surface area (TPSA) is 96.0 Å². The Hall–Kier alpha value is -2.75. The molecule has 0 aliphatic carbocycles. The SMILES string of the molecule is CCOC(=O)CC(c1ccc(C)c(CN2CC(C)Cc3cc(CCCN)ccc3S2(O)O)c1)c1ccc(F)cc1C. The van der Waals surface area contributed by atoms with Crippen molar-refractivity contribution in [2.45, 2.75) is 70.7 Å². The molecule has 41 heavy (non-hydrogen) atoms. The number of nitrogens with zero attached hydrogens (tertiary/aromatic N) is 1. The number of halogens is 1. The van der Waals surface area contributed by atoms with Gasteiger partial charge in [-0.25, -0.2) is 4.39 Å². The van der Waals surface area contributed by atoms with Crippen molar-refractivity contribution in [1.29, 1.82) is 0 Å². The van der Waals surface area contributed by atoms with E-state index < -0.39 is 10.8 Å². The Bertz CT molecular complexity index is 1380. The zero-order valence-electron chi connectivity index (χ0n) is 24.5. The van der Waals surface area contributed by atoms with Crippen molar-refractivity contribution in [3.8, 4) is 0 Å². The largest absolute Gasteiger partial charge is 0.466 e. The summed E-state index contributed by atoms with van der Waals surface area (Å²) in [6, 6.07) is 16.6. The molecule has 2 unspecified atom stereocenters. The lowest BCUT2D eigenvalue weighted by molar-refractivity contribution is -0.143. The first-order valence-electron chi connectivity index (χ1n) is 14.4. The quantitative estimate of drug-likeness (QED) is 0.220. The molecule has 0 saturated carbocycles. The van der Waals surface area contributed by atoms with Crippen LogP contribution in [-0.2, 0) is 28.9 Å². The number of hydrogen-bond acceptors (Lipinski definition) is 6. The average Bonchev–Trinajstić information content (AvgIpc) is 3.00. The normalized spacial score (nSPS) is 18.3. The number of esters is 1. The summed E-state index contributed by atoms with van der Waals surface area (Å²) >= 11 is 0. The van der Waals surface area contributed by atoms with Crippen molar-refractivity contribution >= 4 is 16.7 Å². The van der Waals surface area contributed by atoms with E-state index in [1.807, 2.05) is 44.2 Å². The van der Waals surface area contributed by atoms with E-state index in [0.717, 1.165) is 58.2 Å². The fourth-order valence-electron chi connectivity index (χ4n) is 5.80. The molecule has 1 heterocycles. The molecule has 3 aromatic rings. The molecule has 6 nitrogen and oxygen atoms in total. The van der Waals surface area contributed by atoms with Crippen LogP contribution in [0.25, 0.3) is 0 Å². The van der Waals surface area contributed by atoms with Gasteiger partial charge in [-0.05, 0) is 110 Å². The minimum atomic E-state index is -3.23. The minimum Gasteiger partial charge on any atom is -0.466 e. The second-order valence-corrected chi connectivity index (χ2v) is 13.2. The van der Waals surface area contributed by atoms with Crippen molar-refractivity contribution in [1.82, 2.24) is 4.31 Å². The Morgan fingerprint density at radius 2 is 1.90 bits per heavy atom. The lowest BCUT2D eigenvalue weighted by atomic mass is 9.84. The number of carbonyl (C=O) groups excluding carboxylic acids is 1. The highest BCUT2D eigenvalue weighted by atomic mass is 32.3. The number of nitrogens with two attached hydrogens (primary N) is 1. The number of rotatable bonds is 10. The predicted molar refractivity (Wildman–Crippen MR) is 164 cm³/mol. The van der Waals surface area contributed by atoms with Crippen LogP contribution in [0.4, 0.5) is 4.39 Å². The van der Waals surface area contributed by atoms with Crippen molar-refractivity contribution in [2.24, 2.45) is 11.7 Å². The Balaban J connectivity index is 1.69. The van der Waals surface area contributed by atoms with E-state index in [9.17, 15) is 18.3 Å². The second kappa shape index (κ2) is 13.5. The number of carbonyl (C=O) groups is 1. The molecule has 0 radical (unpaired) electrons. The third kappa shape index (κ3) is 7.37. The van der Waals surface area contributed by atoms with Crippen LogP contribution in [0.15, 0.2) is 59.5 Å². The first-order valence-corrected chi connectivity index (χ1v) is 15.9. The maximum Gasteiger partial charge on any atom is 0.306 e. The van der Waals surface area contributed by atoms with Crippen LogP contribution in [-0.4, -0.2) is 39.1 Å². The Morgan fingerprint density at radius 3 is 2.61 bits per heavy atom. The highest BCUT2D eigenvalue weighted by Gasteiger charge is 2.33. The summed E-state index contributed by atoms with van der Waals surface area (Å²) in [6.07, 6.45) is 2.65. The Morgan fingerprint density at radius 1 is 1.12 bits per heavy atom. The fraction of sp³-hybridized carbons (Fsp3) is 0.424. The molecule has 2 atom stereocenters. The van der Waals surface area contributed by atoms with Crippen LogP contribution in [0.3, 0.4) is 0 Å². The first kappa shape index (κ1) is 31.2. The second-order valence-electron chi connectivity index (χ2n) is 11.2. The number of benzene rings is 3. The third-order valence-electron chi connectivity index (χ3n) is 7.94. The molecule has 1 aliphatic heterocycles. The zero-order chi connectivity index (χ0) is 29.7. The van der Waals surface area contributed by atoms with E-state index in [2.05, 4.69) is 13.0 Å². The summed E-state index contributed by atoms with van der Waals surface area (Å²) in [4.78, 5) is 13.2. The van der Waals surface area contributed by atoms with Crippen LogP contribution in [0, 0.1) is 25.6 Å². The highest BCUT2D eigenvalue weighted by Crippen LogP contribution is 2.56. The minimum absolute atomic E-state index is 0.124. The van der Waals surface area contributed by atoms with E-state index in [0.29, 0.717) is 24.5 Å². The van der Waals surface area contributed by atoms with Gasteiger partial charge in [0.1, 0.15) is 5.82 Å². The van der Waals surface area contributed by atoms with E-state index in [1.54, 1.807) is 17.3 Å². The molecule has 0 aromatic heterocycles. The molecular weight excluding hydrogens is 539 g/mol. The monoisotopic (exact) mass is 582 g/mol. The van der Waals surface area contributed by atoms with Gasteiger partial charge in [-0.2, -0.15) is 4.31 Å². The van der Waals surface area contributed by atoms with E-state index in [4.69, 9.17) is 10.5 Å². The molecule has 0 saturated heterocycles. The molecule has 222 valence electrons. The molecule has 0 amide bonds. The van der Waals surface area contributed by atoms with Crippen molar-refractivity contribution in [2.75, 3.05) is 19.7 Å². The van der Waals surface area contributed by atoms with Crippen LogP contribution < -0.4 is 5.73 Å². The molecule has 0 bridgehead atoms. The molecule has 4 rings (SSSR count). The molecular formula is C33H43FN2O4S. The summed E-state index contributed by atoms with van der Waals surface area (Å²) in [7, 11) is -3.23. The van der Waals surface area contributed by atoms with Gasteiger partial charge < -0.3 is 10.5 Å². The summed E-state index contributed by atoms with van der Waals surface area (Å²) < 4.78 is 44.3. The van der Waals surface area contributed by atoms with Crippen molar-refractivity contribution < 1.29 is 23.0 Å². The Kier molecular flexibility index (Phi) is 10.3. The zero-order valence-corrected chi connectivity index (χ0v) is 25.3. The van der Waals surface area contributed by atoms with Gasteiger partial charge in [-0.3, -0.25) is 13.9 Å². The Labute approximate surface area is 245 Å². The summed E-state index contributed by atoms with van der Waals surface area (Å²) in [6.45, 7) is 9.55. The van der Waals surface area contributed by atoms with Crippen molar-refractivity contribution in [3.63, 3.8) is 0 Å². The molecule has 8 heteroatoms. The van der Waals surface area contributed by atoms with Gasteiger partial charge in [-0.15, -0.1) is 10.8 Å². The lowest BCUT2D eigenvalue weighted by Crippen LogP contribution is -2.30. The maximum absolute atomic E-state index is 13.9. The highest BCUT2D eigenvalue weighted by molar-refractivity contribution is 8.22. The molecule has 1 aliphatic rings. The standard InChI is InChI=1S/C33H43FN2O4S/c1-5-40-33(37)19-31(30-12-11-29(34)16-24(30)4)26-10-8-23(3)28(18-26)21-36-20-22(2)15-27-17-25(7-6-14-35)9-13-32(27)41(36,38)39/h8-13,16-18,22,31,38-39H,5-7,14-15,19-21,35H2,1-4H3. The third-order valence-corrected chi connectivity index (χ3v) is 9.93. The summed E-state index contributed by atoms with van der Waals surface area (Å²) in [5, 5.41) is 0. The van der Waals surface area contributed by atoms with Gasteiger partial charge in [0, 0.05) is 19.0 Å². The van der Waals surface area contributed by atoms with Crippen LogP contribution in [0.2, 0.25) is 0 Å². The predicted octanol–water partition coefficient (Wildman–Crippen LogP) is 7.14.